The number of aromatic nitrogens is 3. The Bertz CT molecular complexity index is 1140. The summed E-state index contributed by atoms with van der Waals surface area (Å²) in [4.78, 5) is 36.9. The van der Waals surface area contributed by atoms with E-state index in [2.05, 4.69) is 32.5 Å². The predicted octanol–water partition coefficient (Wildman–Crippen LogP) is 5.34. The van der Waals surface area contributed by atoms with Gasteiger partial charge in [-0.25, -0.2) is 14.8 Å². The molecule has 2 heterocycles. The van der Waals surface area contributed by atoms with Crippen LogP contribution in [0.25, 0.3) is 0 Å². The van der Waals surface area contributed by atoms with Crippen molar-refractivity contribution in [1.29, 1.82) is 0 Å². The van der Waals surface area contributed by atoms with Crippen molar-refractivity contribution in [1.82, 2.24) is 15.0 Å². The zero-order chi connectivity index (χ0) is 24.0. The molecule has 1 atom stereocenters. The van der Waals surface area contributed by atoms with Crippen molar-refractivity contribution in [2.24, 2.45) is 0 Å². The molecule has 0 bridgehead atoms. The number of nitrogens with one attached hydrogen (secondary N) is 2. The van der Waals surface area contributed by atoms with Crippen LogP contribution in [0.15, 0.2) is 54.1 Å². The van der Waals surface area contributed by atoms with Crippen LogP contribution >= 0.6 is 35.0 Å². The Hall–Kier alpha value is -2.88. The number of halogens is 2. The van der Waals surface area contributed by atoms with Gasteiger partial charge in [-0.1, -0.05) is 42.3 Å². The molecule has 0 spiro atoms. The number of carbonyl (C=O) groups is 2. The van der Waals surface area contributed by atoms with Crippen molar-refractivity contribution in [2.45, 2.75) is 30.8 Å². The largest absolute Gasteiger partial charge is 0.479 e. The second-order valence-corrected chi connectivity index (χ2v) is 9.08. The Balaban J connectivity index is 1.80. The van der Waals surface area contributed by atoms with Gasteiger partial charge >= 0.3 is 5.97 Å². The summed E-state index contributed by atoms with van der Waals surface area (Å²) in [5, 5.41) is 16.7. The average Bonchev–Trinajstić information content (AvgIpc) is 2.78. The molecule has 1 amide bonds. The van der Waals surface area contributed by atoms with Crippen molar-refractivity contribution in [2.75, 3.05) is 16.4 Å². The molecule has 3 aromatic rings. The maximum absolute atomic E-state index is 12.6. The highest BCUT2D eigenvalue weighted by atomic mass is 35.5. The first-order chi connectivity index (χ1) is 15.7. The molecule has 0 aliphatic rings. The molecule has 1 aromatic carbocycles. The number of aliphatic carboxylic acids is 1. The van der Waals surface area contributed by atoms with E-state index in [1.807, 2.05) is 0 Å². The molecule has 0 saturated heterocycles. The lowest BCUT2D eigenvalue weighted by Gasteiger charge is -2.27. The van der Waals surface area contributed by atoms with Gasteiger partial charge in [-0.05, 0) is 36.8 Å². The maximum atomic E-state index is 12.6. The Morgan fingerprint density at radius 2 is 1.79 bits per heavy atom. The Morgan fingerprint density at radius 3 is 2.39 bits per heavy atom. The normalized spacial score (nSPS) is 12.6. The fourth-order valence-electron chi connectivity index (χ4n) is 2.91. The second-order valence-electron chi connectivity index (χ2n) is 7.15. The lowest BCUT2D eigenvalue weighted by atomic mass is 9.92. The molecule has 3 rings (SSSR count). The van der Waals surface area contributed by atoms with Gasteiger partial charge in [-0.15, -0.1) is 11.8 Å². The van der Waals surface area contributed by atoms with Crippen LogP contribution in [0.4, 0.5) is 11.5 Å². The number of carboxylic acids is 1. The monoisotopic (exact) mass is 505 g/mol. The average molecular weight is 506 g/mol. The van der Waals surface area contributed by atoms with Crippen molar-refractivity contribution in [3.05, 3.63) is 70.2 Å². The van der Waals surface area contributed by atoms with Crippen LogP contribution in [-0.2, 0) is 10.3 Å². The van der Waals surface area contributed by atoms with E-state index in [0.717, 1.165) is 17.2 Å². The maximum Gasteiger partial charge on any atom is 0.333 e. The van der Waals surface area contributed by atoms with E-state index in [-0.39, 0.29) is 15.6 Å². The van der Waals surface area contributed by atoms with Crippen LogP contribution in [0.1, 0.15) is 36.2 Å². The molecule has 8 nitrogen and oxygen atoms in total. The summed E-state index contributed by atoms with van der Waals surface area (Å²) >= 11 is 13.6. The van der Waals surface area contributed by atoms with Crippen LogP contribution in [0.3, 0.4) is 0 Å². The van der Waals surface area contributed by atoms with Gasteiger partial charge in [0, 0.05) is 24.1 Å². The van der Waals surface area contributed by atoms with Gasteiger partial charge in [0.2, 0.25) is 0 Å². The number of benzene rings is 1. The zero-order valence-corrected chi connectivity index (χ0v) is 20.1. The summed E-state index contributed by atoms with van der Waals surface area (Å²) in [5.74, 6) is -0.295. The molecule has 11 heteroatoms. The molecule has 33 heavy (non-hydrogen) atoms. The number of anilines is 2. The highest BCUT2D eigenvalue weighted by Gasteiger charge is 2.35. The SMILES string of the molecule is CCCSc1cc(NC(C)(C(=O)O)c2ccc(NC(=O)c3c(Cl)cncc3Cl)cc2)ncn1. The van der Waals surface area contributed by atoms with Crippen LogP contribution in [0.5, 0.6) is 0 Å². The molecule has 1 unspecified atom stereocenters. The summed E-state index contributed by atoms with van der Waals surface area (Å²) in [6, 6.07) is 8.14. The van der Waals surface area contributed by atoms with Gasteiger partial charge in [0.05, 0.1) is 15.6 Å². The van der Waals surface area contributed by atoms with Gasteiger partial charge in [0.15, 0.2) is 5.54 Å². The van der Waals surface area contributed by atoms with Crippen LogP contribution in [-0.4, -0.2) is 37.7 Å². The molecule has 0 aliphatic heterocycles. The molecular formula is C22H21Cl2N5O3S. The molecule has 0 aliphatic carbocycles. The lowest BCUT2D eigenvalue weighted by molar-refractivity contribution is -0.142. The zero-order valence-electron chi connectivity index (χ0n) is 17.8. The number of carbonyl (C=O) groups excluding carboxylic acids is 1. The fourth-order valence-corrected chi connectivity index (χ4v) is 4.17. The van der Waals surface area contributed by atoms with Crippen molar-refractivity contribution in [3.63, 3.8) is 0 Å². The minimum absolute atomic E-state index is 0.106. The molecule has 3 N–H and O–H groups in total. The van der Waals surface area contributed by atoms with Gasteiger partial charge in [-0.3, -0.25) is 9.78 Å². The number of hydrogen-bond donors (Lipinski definition) is 3. The number of rotatable bonds is 9. The van der Waals surface area contributed by atoms with Crippen LogP contribution in [0, 0.1) is 0 Å². The quantitative estimate of drug-likeness (QED) is 0.263. The topological polar surface area (TPSA) is 117 Å². The lowest BCUT2D eigenvalue weighted by Crippen LogP contribution is -2.40. The highest BCUT2D eigenvalue weighted by Crippen LogP contribution is 2.29. The Morgan fingerprint density at radius 1 is 1.12 bits per heavy atom. The van der Waals surface area contributed by atoms with E-state index in [4.69, 9.17) is 23.2 Å². The van der Waals surface area contributed by atoms with E-state index in [1.165, 1.54) is 18.7 Å². The third-order valence-electron chi connectivity index (χ3n) is 4.70. The third kappa shape index (κ3) is 5.93. The molecule has 0 radical (unpaired) electrons. The minimum atomic E-state index is -1.47. The summed E-state index contributed by atoms with van der Waals surface area (Å²) < 4.78 is 0. The van der Waals surface area contributed by atoms with E-state index < -0.39 is 17.4 Å². The number of amides is 1. The molecule has 172 valence electrons. The summed E-state index contributed by atoms with van der Waals surface area (Å²) in [7, 11) is 0. The summed E-state index contributed by atoms with van der Waals surface area (Å²) in [6.45, 7) is 3.61. The van der Waals surface area contributed by atoms with Crippen molar-refractivity contribution in [3.8, 4) is 0 Å². The second kappa shape index (κ2) is 10.8. The number of carboxylic acid groups (broad SMARTS) is 1. The number of thioether (sulfide) groups is 1. The van der Waals surface area contributed by atoms with Gasteiger partial charge < -0.3 is 15.7 Å². The first-order valence-corrected chi connectivity index (χ1v) is 11.7. The van der Waals surface area contributed by atoms with Crippen molar-refractivity contribution < 1.29 is 14.7 Å². The van der Waals surface area contributed by atoms with Gasteiger partial charge in [-0.2, -0.15) is 0 Å². The summed E-state index contributed by atoms with van der Waals surface area (Å²) in [5.41, 5.74) is -0.452. The third-order valence-corrected chi connectivity index (χ3v) is 6.41. The van der Waals surface area contributed by atoms with Gasteiger partial charge in [0.25, 0.3) is 5.91 Å². The molecule has 2 aromatic heterocycles. The smallest absolute Gasteiger partial charge is 0.333 e. The Labute approximate surface area is 205 Å². The minimum Gasteiger partial charge on any atom is -0.479 e. The van der Waals surface area contributed by atoms with Crippen LogP contribution in [0.2, 0.25) is 10.0 Å². The van der Waals surface area contributed by atoms with Crippen LogP contribution < -0.4 is 10.6 Å². The number of nitrogens with zero attached hydrogens (tertiary/aromatic N) is 3. The highest BCUT2D eigenvalue weighted by molar-refractivity contribution is 7.99. The number of hydrogen-bond acceptors (Lipinski definition) is 7. The first-order valence-electron chi connectivity index (χ1n) is 9.92. The van der Waals surface area contributed by atoms with E-state index >= 15 is 0 Å². The molecule has 0 fully saturated rings. The first kappa shape index (κ1) is 24.8. The molecular weight excluding hydrogens is 485 g/mol. The molecule has 0 saturated carbocycles. The van der Waals surface area contributed by atoms with Crippen molar-refractivity contribution >= 4 is 58.3 Å². The standard InChI is InChI=1S/C22H21Cl2N5O3S/c1-3-8-33-18-9-17(26-12-27-18)29-22(2,21(31)32)13-4-6-14(7-5-13)28-20(30)19-15(23)10-25-11-16(19)24/h4-7,9-12H,3,8H2,1-2H3,(H,28,30)(H,31,32)(H,26,27,29). The van der Waals surface area contributed by atoms with E-state index in [0.29, 0.717) is 17.1 Å². The van der Waals surface area contributed by atoms with E-state index in [9.17, 15) is 14.7 Å². The van der Waals surface area contributed by atoms with E-state index in [1.54, 1.807) is 49.0 Å². The predicted molar refractivity (Wildman–Crippen MR) is 130 cm³/mol. The Kier molecular flexibility index (Phi) is 8.12. The van der Waals surface area contributed by atoms with Gasteiger partial charge in [0.1, 0.15) is 17.2 Å². The summed E-state index contributed by atoms with van der Waals surface area (Å²) in [6.07, 6.45) is 5.05. The fraction of sp³-hybridized carbons (Fsp3) is 0.227. The number of pyridine rings is 1.